The molecule has 1 saturated carbocycles. The number of halogens is 2. The maximum atomic E-state index is 13.6. The third-order valence-electron chi connectivity index (χ3n) is 3.37. The molecule has 0 aliphatic heterocycles. The first-order valence-corrected chi connectivity index (χ1v) is 7.35. The van der Waals surface area contributed by atoms with Gasteiger partial charge in [0.15, 0.2) is 0 Å². The van der Waals surface area contributed by atoms with Crippen molar-refractivity contribution >= 4 is 22.4 Å². The molecule has 0 heterocycles. The van der Waals surface area contributed by atoms with Crippen molar-refractivity contribution in [1.29, 1.82) is 0 Å². The van der Waals surface area contributed by atoms with Crippen LogP contribution in [0.15, 0.2) is 29.2 Å². The summed E-state index contributed by atoms with van der Waals surface area (Å²) >= 11 is 0. The molecule has 0 amide bonds. The summed E-state index contributed by atoms with van der Waals surface area (Å²) < 4.78 is 39.4. The van der Waals surface area contributed by atoms with Crippen LogP contribution in [0.2, 0.25) is 0 Å². The molecule has 1 aromatic carbocycles. The highest BCUT2D eigenvalue weighted by molar-refractivity contribution is 7.89. The number of likely N-dealkylation sites (N-methyl/N-ethyl adjacent to an activating group) is 1. The third-order valence-corrected chi connectivity index (χ3v) is 5.28. The van der Waals surface area contributed by atoms with Crippen LogP contribution in [0.25, 0.3) is 0 Å². The largest absolute Gasteiger partial charge is 0.329 e. The molecule has 1 aliphatic rings. The summed E-state index contributed by atoms with van der Waals surface area (Å²) in [5.41, 5.74) is 5.63. The van der Waals surface area contributed by atoms with E-state index in [4.69, 9.17) is 5.73 Å². The van der Waals surface area contributed by atoms with Gasteiger partial charge in [-0.25, -0.2) is 12.8 Å². The molecule has 0 radical (unpaired) electrons. The van der Waals surface area contributed by atoms with E-state index in [0.717, 1.165) is 18.9 Å². The van der Waals surface area contributed by atoms with Crippen LogP contribution < -0.4 is 5.73 Å². The molecular formula is C12H18ClFN2O2S. The minimum Gasteiger partial charge on any atom is -0.329 e. The quantitative estimate of drug-likeness (QED) is 0.899. The van der Waals surface area contributed by atoms with Gasteiger partial charge >= 0.3 is 0 Å². The van der Waals surface area contributed by atoms with Gasteiger partial charge < -0.3 is 5.73 Å². The highest BCUT2D eigenvalue weighted by Gasteiger charge is 2.38. The van der Waals surface area contributed by atoms with Crippen molar-refractivity contribution in [3.8, 4) is 0 Å². The molecule has 4 nitrogen and oxygen atoms in total. The van der Waals surface area contributed by atoms with Crippen LogP contribution in [-0.2, 0) is 10.0 Å². The Kier molecular flexibility index (Phi) is 5.32. The van der Waals surface area contributed by atoms with Crippen molar-refractivity contribution < 1.29 is 12.8 Å². The number of sulfonamides is 1. The van der Waals surface area contributed by atoms with Crippen LogP contribution in [0.1, 0.15) is 12.8 Å². The maximum Gasteiger partial charge on any atom is 0.246 e. The second kappa shape index (κ2) is 6.17. The van der Waals surface area contributed by atoms with Gasteiger partial charge in [-0.15, -0.1) is 12.4 Å². The Labute approximate surface area is 119 Å². The lowest BCUT2D eigenvalue weighted by atomic mass is 10.2. The van der Waals surface area contributed by atoms with Crippen LogP contribution in [-0.4, -0.2) is 32.4 Å². The summed E-state index contributed by atoms with van der Waals surface area (Å²) in [6.07, 6.45) is 1.97. The average molecular weight is 309 g/mol. The smallest absolute Gasteiger partial charge is 0.246 e. The monoisotopic (exact) mass is 308 g/mol. The first kappa shape index (κ1) is 16.4. The molecule has 1 unspecified atom stereocenters. The van der Waals surface area contributed by atoms with Crippen molar-refractivity contribution in [2.24, 2.45) is 11.7 Å². The van der Waals surface area contributed by atoms with Gasteiger partial charge in [0.25, 0.3) is 0 Å². The molecule has 0 spiro atoms. The molecule has 1 aromatic rings. The first-order valence-electron chi connectivity index (χ1n) is 5.91. The summed E-state index contributed by atoms with van der Waals surface area (Å²) in [5, 5.41) is 0. The molecule has 2 rings (SSSR count). The van der Waals surface area contributed by atoms with Gasteiger partial charge in [0.2, 0.25) is 10.0 Å². The summed E-state index contributed by atoms with van der Waals surface area (Å²) in [4.78, 5) is -0.286. The van der Waals surface area contributed by atoms with Crippen LogP contribution in [0, 0.1) is 11.7 Å². The van der Waals surface area contributed by atoms with Crippen LogP contribution in [0.3, 0.4) is 0 Å². The van der Waals surface area contributed by atoms with Gasteiger partial charge in [-0.1, -0.05) is 12.1 Å². The van der Waals surface area contributed by atoms with E-state index in [1.807, 2.05) is 0 Å². The summed E-state index contributed by atoms with van der Waals surface area (Å²) in [6.45, 7) is 0.259. The summed E-state index contributed by atoms with van der Waals surface area (Å²) in [6, 6.07) is 5.17. The number of hydrogen-bond donors (Lipinski definition) is 1. The average Bonchev–Trinajstić information content (AvgIpc) is 3.14. The molecule has 19 heavy (non-hydrogen) atoms. The van der Waals surface area contributed by atoms with Crippen LogP contribution >= 0.6 is 12.4 Å². The fourth-order valence-electron chi connectivity index (χ4n) is 2.11. The number of benzene rings is 1. The molecule has 1 atom stereocenters. The fourth-order valence-corrected chi connectivity index (χ4v) is 3.60. The number of nitrogens with zero attached hydrogens (tertiary/aromatic N) is 1. The topological polar surface area (TPSA) is 63.4 Å². The Morgan fingerprint density at radius 2 is 2.00 bits per heavy atom. The molecule has 7 heteroatoms. The minimum atomic E-state index is -3.81. The van der Waals surface area contributed by atoms with E-state index in [1.165, 1.54) is 29.6 Å². The van der Waals surface area contributed by atoms with Crippen LogP contribution in [0.5, 0.6) is 0 Å². The molecule has 108 valence electrons. The van der Waals surface area contributed by atoms with Gasteiger partial charge in [0.1, 0.15) is 10.7 Å². The molecule has 0 saturated heterocycles. The number of nitrogens with two attached hydrogens (primary N) is 1. The van der Waals surface area contributed by atoms with Gasteiger partial charge in [0.05, 0.1) is 0 Å². The molecular weight excluding hydrogens is 291 g/mol. The van der Waals surface area contributed by atoms with Crippen molar-refractivity contribution in [1.82, 2.24) is 4.31 Å². The lowest BCUT2D eigenvalue weighted by molar-refractivity contribution is 0.339. The van der Waals surface area contributed by atoms with Gasteiger partial charge in [-0.3, -0.25) is 0 Å². The van der Waals surface area contributed by atoms with Crippen molar-refractivity contribution in [3.05, 3.63) is 30.1 Å². The zero-order valence-electron chi connectivity index (χ0n) is 10.6. The number of hydrogen-bond acceptors (Lipinski definition) is 3. The zero-order chi connectivity index (χ0) is 13.3. The predicted octanol–water partition coefficient (Wildman–Crippen LogP) is 1.61. The zero-order valence-corrected chi connectivity index (χ0v) is 12.3. The first-order chi connectivity index (χ1) is 8.48. The van der Waals surface area contributed by atoms with Crippen molar-refractivity contribution in [2.75, 3.05) is 13.6 Å². The van der Waals surface area contributed by atoms with Gasteiger partial charge in [-0.2, -0.15) is 4.31 Å². The van der Waals surface area contributed by atoms with E-state index in [2.05, 4.69) is 0 Å². The highest BCUT2D eigenvalue weighted by Crippen LogP contribution is 2.36. The SMILES string of the molecule is CN(C(CN)C1CC1)S(=O)(=O)c1ccccc1F.Cl. The Bertz CT molecular complexity index is 534. The molecule has 0 aromatic heterocycles. The lowest BCUT2D eigenvalue weighted by Gasteiger charge is -2.26. The minimum absolute atomic E-state index is 0. The number of rotatable bonds is 5. The summed E-state index contributed by atoms with van der Waals surface area (Å²) in [7, 11) is -2.34. The normalized spacial score (nSPS) is 17.1. The van der Waals surface area contributed by atoms with E-state index in [0.29, 0.717) is 5.92 Å². The lowest BCUT2D eigenvalue weighted by Crippen LogP contribution is -2.43. The highest BCUT2D eigenvalue weighted by atomic mass is 35.5. The Hall–Kier alpha value is -0.690. The standard InChI is InChI=1S/C12H17FN2O2S.ClH/c1-15(11(8-14)9-6-7-9)18(16,17)12-5-3-2-4-10(12)13;/h2-5,9,11H,6-8,14H2,1H3;1H. The second-order valence-electron chi connectivity index (χ2n) is 4.59. The molecule has 2 N–H and O–H groups in total. The second-order valence-corrected chi connectivity index (χ2v) is 6.56. The third kappa shape index (κ3) is 3.25. The molecule has 0 bridgehead atoms. The van der Waals surface area contributed by atoms with E-state index in [1.54, 1.807) is 0 Å². The molecule has 1 aliphatic carbocycles. The predicted molar refractivity (Wildman–Crippen MR) is 74.2 cm³/mol. The molecule has 1 fully saturated rings. The van der Waals surface area contributed by atoms with E-state index < -0.39 is 15.8 Å². The Morgan fingerprint density at radius 1 is 1.42 bits per heavy atom. The maximum absolute atomic E-state index is 13.6. The Balaban J connectivity index is 0.00000180. The Morgan fingerprint density at radius 3 is 2.47 bits per heavy atom. The fraction of sp³-hybridized carbons (Fsp3) is 0.500. The van der Waals surface area contributed by atoms with E-state index >= 15 is 0 Å². The van der Waals surface area contributed by atoms with Crippen molar-refractivity contribution in [3.63, 3.8) is 0 Å². The van der Waals surface area contributed by atoms with Gasteiger partial charge in [0, 0.05) is 19.6 Å². The van der Waals surface area contributed by atoms with E-state index in [9.17, 15) is 12.8 Å². The van der Waals surface area contributed by atoms with E-state index in [-0.39, 0.29) is 29.9 Å². The summed E-state index contributed by atoms with van der Waals surface area (Å²) in [5.74, 6) is -0.419. The van der Waals surface area contributed by atoms with Crippen LogP contribution in [0.4, 0.5) is 4.39 Å². The van der Waals surface area contributed by atoms with Crippen molar-refractivity contribution in [2.45, 2.75) is 23.8 Å². The van der Waals surface area contributed by atoms with Gasteiger partial charge in [-0.05, 0) is 30.9 Å².